The van der Waals surface area contributed by atoms with Gasteiger partial charge in [0.2, 0.25) is 0 Å². The van der Waals surface area contributed by atoms with Gasteiger partial charge in [-0.3, -0.25) is 0 Å². The molecule has 0 aromatic carbocycles. The van der Waals surface area contributed by atoms with Gasteiger partial charge >= 0.3 is 0 Å². The monoisotopic (exact) mass is 256 g/mol. The summed E-state index contributed by atoms with van der Waals surface area (Å²) < 4.78 is 0. The molecule has 0 aliphatic heterocycles. The molecule has 0 spiro atoms. The van der Waals surface area contributed by atoms with E-state index in [1.165, 1.54) is 25.7 Å². The van der Waals surface area contributed by atoms with Crippen molar-refractivity contribution in [2.24, 2.45) is 35.5 Å². The molecule has 3 aliphatic rings. The lowest BCUT2D eigenvalue weighted by Gasteiger charge is -2.18. The van der Waals surface area contributed by atoms with Gasteiger partial charge in [0.1, 0.15) is 0 Å². The molecule has 0 aromatic rings. The van der Waals surface area contributed by atoms with Gasteiger partial charge in [-0.25, -0.2) is 0 Å². The van der Waals surface area contributed by atoms with Crippen LogP contribution in [-0.2, 0) is 0 Å². The summed E-state index contributed by atoms with van der Waals surface area (Å²) in [5.74, 6) is 4.90. The summed E-state index contributed by atoms with van der Waals surface area (Å²) in [6, 6.07) is 0. The van der Waals surface area contributed by atoms with Crippen molar-refractivity contribution in [2.75, 3.05) is 0 Å². The van der Waals surface area contributed by atoms with E-state index in [9.17, 15) is 0 Å². The summed E-state index contributed by atoms with van der Waals surface area (Å²) in [6.45, 7) is 9.50. The van der Waals surface area contributed by atoms with Crippen molar-refractivity contribution >= 4 is 0 Å². The molecular formula is C19H28. The molecule has 0 amide bonds. The molecule has 104 valence electrons. The first-order valence-electron chi connectivity index (χ1n) is 8.23. The minimum Gasteiger partial charge on any atom is -0.125 e. The second-order valence-electron chi connectivity index (χ2n) is 7.50. The average molecular weight is 256 g/mol. The maximum atomic E-state index is 3.69. The van der Waals surface area contributed by atoms with Gasteiger partial charge in [0, 0.05) is 5.92 Å². The largest absolute Gasteiger partial charge is 0.125 e. The maximum absolute atomic E-state index is 3.69. The molecule has 0 saturated heterocycles. The Kier molecular flexibility index (Phi) is 3.48. The summed E-state index contributed by atoms with van der Waals surface area (Å²) in [7, 11) is 0. The van der Waals surface area contributed by atoms with E-state index in [0.29, 0.717) is 11.8 Å². The van der Waals surface area contributed by atoms with Crippen LogP contribution < -0.4 is 0 Å². The highest BCUT2D eigenvalue weighted by molar-refractivity contribution is 5.31. The smallest absolute Gasteiger partial charge is 0.000560 e. The molecule has 0 aromatic heterocycles. The molecule has 3 rings (SSSR count). The minimum absolute atomic E-state index is 0.647. The van der Waals surface area contributed by atoms with Gasteiger partial charge in [-0.15, -0.1) is 5.73 Å². The summed E-state index contributed by atoms with van der Waals surface area (Å²) in [6.07, 6.45) is 10.4. The Morgan fingerprint density at radius 2 is 2.00 bits per heavy atom. The quantitative estimate of drug-likeness (QED) is 0.437. The van der Waals surface area contributed by atoms with Gasteiger partial charge in [-0.05, 0) is 66.9 Å². The maximum Gasteiger partial charge on any atom is 0.000560 e. The van der Waals surface area contributed by atoms with E-state index in [1.54, 1.807) is 11.1 Å². The lowest BCUT2D eigenvalue weighted by molar-refractivity contribution is 0.440. The average Bonchev–Trinajstić information content (AvgIpc) is 3.21. The predicted octanol–water partition coefficient (Wildman–Crippen LogP) is 5.37. The molecule has 19 heavy (non-hydrogen) atoms. The second-order valence-corrected chi connectivity index (χ2v) is 7.50. The second kappa shape index (κ2) is 4.98. The fourth-order valence-corrected chi connectivity index (χ4v) is 3.95. The Hall–Kier alpha value is -0.740. The molecule has 0 heterocycles. The van der Waals surface area contributed by atoms with E-state index < -0.39 is 0 Å². The molecule has 0 N–H and O–H groups in total. The van der Waals surface area contributed by atoms with Gasteiger partial charge in [-0.2, -0.15) is 0 Å². The van der Waals surface area contributed by atoms with Crippen LogP contribution >= 0.6 is 0 Å². The van der Waals surface area contributed by atoms with Crippen molar-refractivity contribution in [1.82, 2.24) is 0 Å². The van der Waals surface area contributed by atoms with Crippen molar-refractivity contribution in [3.63, 3.8) is 0 Å². The van der Waals surface area contributed by atoms with E-state index >= 15 is 0 Å². The standard InChI is InChI=1S/C19H28/c1-12(2)18-8-7-15-10-17(15)9-14(4)19-11-16(19)6-5-13(18)3/h7,11-15,17,19H,5-6,9-10H2,1-4H3. The SMILES string of the molecule is CC(C)C1=C=CC2CC2CC(C)C2C=C2CCC1C. The van der Waals surface area contributed by atoms with Gasteiger partial charge in [-0.1, -0.05) is 39.3 Å². The Balaban J connectivity index is 1.79. The Morgan fingerprint density at radius 3 is 2.74 bits per heavy atom. The molecule has 3 aliphatic carbocycles. The molecular weight excluding hydrogens is 228 g/mol. The lowest BCUT2D eigenvalue weighted by atomic mass is 9.86. The molecule has 5 atom stereocenters. The van der Waals surface area contributed by atoms with E-state index in [1.807, 2.05) is 0 Å². The van der Waals surface area contributed by atoms with Crippen LogP contribution in [0.4, 0.5) is 0 Å². The van der Waals surface area contributed by atoms with Crippen LogP contribution in [-0.4, -0.2) is 0 Å². The Labute approximate surface area is 118 Å². The number of hydrogen-bond donors (Lipinski definition) is 0. The van der Waals surface area contributed by atoms with E-state index in [0.717, 1.165) is 23.7 Å². The highest BCUT2D eigenvalue weighted by Gasteiger charge is 2.40. The topological polar surface area (TPSA) is 0 Å². The van der Waals surface area contributed by atoms with Crippen LogP contribution in [0.2, 0.25) is 0 Å². The van der Waals surface area contributed by atoms with E-state index in [2.05, 4.69) is 45.6 Å². The number of fused-ring (bicyclic) bond motifs is 2. The first-order valence-corrected chi connectivity index (χ1v) is 8.23. The normalized spacial score (nSPS) is 41.4. The summed E-state index contributed by atoms with van der Waals surface area (Å²) in [4.78, 5) is 0. The highest BCUT2D eigenvalue weighted by Crippen LogP contribution is 2.50. The van der Waals surface area contributed by atoms with Crippen LogP contribution in [0.1, 0.15) is 53.4 Å². The van der Waals surface area contributed by atoms with Crippen molar-refractivity contribution in [1.29, 1.82) is 0 Å². The van der Waals surface area contributed by atoms with Crippen LogP contribution in [0.5, 0.6) is 0 Å². The van der Waals surface area contributed by atoms with E-state index in [4.69, 9.17) is 0 Å². The number of hydrogen-bond acceptors (Lipinski definition) is 0. The van der Waals surface area contributed by atoms with Crippen molar-refractivity contribution in [3.05, 3.63) is 29.0 Å². The Morgan fingerprint density at radius 1 is 1.21 bits per heavy atom. The lowest BCUT2D eigenvalue weighted by Crippen LogP contribution is -2.07. The molecule has 1 fully saturated rings. The molecule has 0 heteroatoms. The third kappa shape index (κ3) is 2.90. The zero-order valence-corrected chi connectivity index (χ0v) is 12.9. The predicted molar refractivity (Wildman–Crippen MR) is 81.8 cm³/mol. The third-order valence-corrected chi connectivity index (χ3v) is 5.46. The molecule has 0 bridgehead atoms. The van der Waals surface area contributed by atoms with Crippen LogP contribution in [0, 0.1) is 35.5 Å². The van der Waals surface area contributed by atoms with Crippen LogP contribution in [0.15, 0.2) is 29.0 Å². The van der Waals surface area contributed by atoms with Crippen molar-refractivity contribution < 1.29 is 0 Å². The Bertz CT molecular complexity index is 445. The highest BCUT2D eigenvalue weighted by atomic mass is 14.4. The zero-order chi connectivity index (χ0) is 13.6. The molecule has 5 unspecified atom stereocenters. The summed E-state index contributed by atoms with van der Waals surface area (Å²) >= 11 is 0. The first kappa shape index (κ1) is 13.3. The minimum atomic E-state index is 0.647. The van der Waals surface area contributed by atoms with Gasteiger partial charge in [0.05, 0.1) is 0 Å². The van der Waals surface area contributed by atoms with Crippen molar-refractivity contribution in [2.45, 2.75) is 53.4 Å². The van der Waals surface area contributed by atoms with Crippen LogP contribution in [0.25, 0.3) is 0 Å². The zero-order valence-electron chi connectivity index (χ0n) is 12.9. The van der Waals surface area contributed by atoms with Crippen molar-refractivity contribution in [3.8, 4) is 0 Å². The molecule has 1 saturated carbocycles. The first-order chi connectivity index (χ1) is 9.06. The number of allylic oxidation sites excluding steroid dienone is 3. The summed E-state index contributed by atoms with van der Waals surface area (Å²) in [5.41, 5.74) is 7.00. The molecule has 0 nitrogen and oxygen atoms in total. The van der Waals surface area contributed by atoms with Gasteiger partial charge in [0.15, 0.2) is 0 Å². The van der Waals surface area contributed by atoms with Gasteiger partial charge in [0.25, 0.3) is 0 Å². The van der Waals surface area contributed by atoms with Crippen LogP contribution in [0.3, 0.4) is 0 Å². The fraction of sp³-hybridized carbons (Fsp3) is 0.737. The fourth-order valence-electron chi connectivity index (χ4n) is 3.95. The van der Waals surface area contributed by atoms with E-state index in [-0.39, 0.29) is 0 Å². The summed E-state index contributed by atoms with van der Waals surface area (Å²) in [5, 5.41) is 0. The number of rotatable bonds is 1. The van der Waals surface area contributed by atoms with Gasteiger partial charge < -0.3 is 0 Å². The third-order valence-electron chi connectivity index (χ3n) is 5.46. The molecule has 0 radical (unpaired) electrons.